The summed E-state index contributed by atoms with van der Waals surface area (Å²) in [5.74, 6) is -1.22. The van der Waals surface area contributed by atoms with E-state index in [4.69, 9.17) is 9.94 Å². The lowest BCUT2D eigenvalue weighted by Gasteiger charge is -2.08. The molecule has 0 aliphatic heterocycles. The second kappa shape index (κ2) is 5.81. The molecule has 0 spiro atoms. The first-order chi connectivity index (χ1) is 9.65. The summed E-state index contributed by atoms with van der Waals surface area (Å²) in [5.41, 5.74) is 1.93. The molecule has 2 aromatic rings. The van der Waals surface area contributed by atoms with E-state index >= 15 is 0 Å². The molecule has 0 heterocycles. The van der Waals surface area contributed by atoms with Crippen molar-refractivity contribution >= 4 is 17.3 Å². The molecule has 0 fully saturated rings. The third-order valence-corrected chi connectivity index (χ3v) is 2.51. The first-order valence-corrected chi connectivity index (χ1v) is 5.53. The maximum absolute atomic E-state index is 11.9. The SMILES string of the molecule is O=Nc1ccc(NO)cc1OC(=O)c1ccccc1O. The Labute approximate surface area is 113 Å². The zero-order valence-electron chi connectivity index (χ0n) is 10.1. The minimum absolute atomic E-state index is 0.0493. The Morgan fingerprint density at radius 3 is 2.60 bits per heavy atom. The fourth-order valence-electron chi connectivity index (χ4n) is 1.54. The van der Waals surface area contributed by atoms with Crippen LogP contribution in [-0.2, 0) is 0 Å². The van der Waals surface area contributed by atoms with Crippen LogP contribution in [-0.4, -0.2) is 16.3 Å². The van der Waals surface area contributed by atoms with Crippen molar-refractivity contribution in [3.63, 3.8) is 0 Å². The highest BCUT2D eigenvalue weighted by molar-refractivity contribution is 5.94. The number of nitrogens with zero attached hydrogens (tertiary/aromatic N) is 1. The Bertz CT molecular complexity index is 657. The average Bonchev–Trinajstić information content (AvgIpc) is 2.47. The summed E-state index contributed by atoms with van der Waals surface area (Å²) in [5, 5.41) is 21.0. The quantitative estimate of drug-likeness (QED) is 0.342. The summed E-state index contributed by atoms with van der Waals surface area (Å²) in [6, 6.07) is 9.71. The number of aromatic hydroxyl groups is 1. The number of carbonyl (C=O) groups excluding carboxylic acids is 1. The van der Waals surface area contributed by atoms with Crippen molar-refractivity contribution in [3.8, 4) is 11.5 Å². The first-order valence-electron chi connectivity index (χ1n) is 5.53. The van der Waals surface area contributed by atoms with Gasteiger partial charge >= 0.3 is 5.97 Å². The Balaban J connectivity index is 2.32. The molecule has 3 N–H and O–H groups in total. The summed E-state index contributed by atoms with van der Waals surface area (Å²) in [6.07, 6.45) is 0. The number of nitroso groups, excluding NO2 is 1. The van der Waals surface area contributed by atoms with Gasteiger partial charge in [0, 0.05) is 6.07 Å². The third kappa shape index (κ3) is 2.73. The molecule has 20 heavy (non-hydrogen) atoms. The number of ether oxygens (including phenoxy) is 1. The van der Waals surface area contributed by atoms with Gasteiger partial charge in [-0.05, 0) is 29.4 Å². The second-order valence-electron chi connectivity index (χ2n) is 3.79. The number of esters is 1. The van der Waals surface area contributed by atoms with Crippen molar-refractivity contribution in [3.05, 3.63) is 52.9 Å². The van der Waals surface area contributed by atoms with Gasteiger partial charge in [0.25, 0.3) is 0 Å². The van der Waals surface area contributed by atoms with E-state index in [1.165, 1.54) is 30.3 Å². The topological polar surface area (TPSA) is 108 Å². The molecule has 2 aromatic carbocycles. The summed E-state index contributed by atoms with van der Waals surface area (Å²) in [4.78, 5) is 22.5. The summed E-state index contributed by atoms with van der Waals surface area (Å²) < 4.78 is 5.00. The number of rotatable bonds is 4. The fraction of sp³-hybridized carbons (Fsp3) is 0. The molecular weight excluding hydrogens is 264 g/mol. The smallest absolute Gasteiger partial charge is 0.347 e. The summed E-state index contributed by atoms with van der Waals surface area (Å²) in [7, 11) is 0. The zero-order valence-corrected chi connectivity index (χ0v) is 10.1. The van der Waals surface area contributed by atoms with Crippen LogP contribution in [0.3, 0.4) is 0 Å². The minimum atomic E-state index is -0.844. The van der Waals surface area contributed by atoms with E-state index in [1.807, 2.05) is 5.48 Å². The number of phenols is 1. The van der Waals surface area contributed by atoms with Crippen LogP contribution >= 0.6 is 0 Å². The van der Waals surface area contributed by atoms with Gasteiger partial charge in [0.1, 0.15) is 11.3 Å². The highest BCUT2D eigenvalue weighted by Crippen LogP contribution is 2.31. The standard InChI is InChI=1S/C13H10N2O5/c16-11-4-2-1-3-9(11)13(17)20-12-7-8(14-18)5-6-10(12)15-19/h1-7,14,16,18H. The van der Waals surface area contributed by atoms with Crippen molar-refractivity contribution < 1.29 is 19.8 Å². The molecule has 0 saturated heterocycles. The number of phenolic OH excluding ortho intramolecular Hbond substituents is 1. The maximum Gasteiger partial charge on any atom is 0.347 e. The Kier molecular flexibility index (Phi) is 3.92. The third-order valence-electron chi connectivity index (χ3n) is 2.51. The highest BCUT2D eigenvalue weighted by Gasteiger charge is 2.16. The van der Waals surface area contributed by atoms with Gasteiger partial charge in [-0.15, -0.1) is 4.91 Å². The molecule has 0 radical (unpaired) electrons. The molecule has 2 rings (SSSR count). The van der Waals surface area contributed by atoms with E-state index < -0.39 is 5.97 Å². The number of carbonyl (C=O) groups is 1. The van der Waals surface area contributed by atoms with Gasteiger partial charge in [-0.25, -0.2) is 4.79 Å². The van der Waals surface area contributed by atoms with E-state index in [0.29, 0.717) is 0 Å². The summed E-state index contributed by atoms with van der Waals surface area (Å²) in [6.45, 7) is 0. The lowest BCUT2D eigenvalue weighted by Crippen LogP contribution is -2.09. The molecule has 0 saturated carbocycles. The molecule has 7 nitrogen and oxygen atoms in total. The van der Waals surface area contributed by atoms with E-state index in [0.717, 1.165) is 0 Å². The number of anilines is 1. The van der Waals surface area contributed by atoms with Crippen molar-refractivity contribution in [2.45, 2.75) is 0 Å². The van der Waals surface area contributed by atoms with Crippen LogP contribution in [0.5, 0.6) is 11.5 Å². The Hall–Kier alpha value is -2.93. The maximum atomic E-state index is 11.9. The predicted molar refractivity (Wildman–Crippen MR) is 70.4 cm³/mol. The van der Waals surface area contributed by atoms with Gasteiger partial charge in [-0.3, -0.25) is 10.7 Å². The molecule has 102 valence electrons. The van der Waals surface area contributed by atoms with E-state index in [1.54, 1.807) is 12.1 Å². The first kappa shape index (κ1) is 13.5. The Morgan fingerprint density at radius 1 is 1.20 bits per heavy atom. The minimum Gasteiger partial charge on any atom is -0.507 e. The van der Waals surface area contributed by atoms with Gasteiger partial charge in [0.15, 0.2) is 11.4 Å². The second-order valence-corrected chi connectivity index (χ2v) is 3.79. The van der Waals surface area contributed by atoms with E-state index in [-0.39, 0.29) is 28.4 Å². The lowest BCUT2D eigenvalue weighted by atomic mass is 10.2. The molecule has 0 aliphatic rings. The molecule has 0 atom stereocenters. The van der Waals surface area contributed by atoms with Crippen molar-refractivity contribution in [1.82, 2.24) is 0 Å². The van der Waals surface area contributed by atoms with Crippen molar-refractivity contribution in [2.75, 3.05) is 5.48 Å². The molecule has 0 aromatic heterocycles. The fourth-order valence-corrected chi connectivity index (χ4v) is 1.54. The van der Waals surface area contributed by atoms with Gasteiger partial charge in [0.2, 0.25) is 0 Å². The predicted octanol–water partition coefficient (Wildman–Crippen LogP) is 2.81. The van der Waals surface area contributed by atoms with Crippen LogP contribution in [0.2, 0.25) is 0 Å². The number of benzene rings is 2. The van der Waals surface area contributed by atoms with Gasteiger partial charge < -0.3 is 9.84 Å². The van der Waals surface area contributed by atoms with Gasteiger partial charge in [-0.2, -0.15) is 0 Å². The molecule has 0 amide bonds. The van der Waals surface area contributed by atoms with Crippen molar-refractivity contribution in [1.29, 1.82) is 0 Å². The number of hydrogen-bond donors (Lipinski definition) is 3. The monoisotopic (exact) mass is 274 g/mol. The van der Waals surface area contributed by atoms with Crippen LogP contribution in [0.4, 0.5) is 11.4 Å². The molecule has 0 unspecified atom stereocenters. The van der Waals surface area contributed by atoms with Crippen LogP contribution in [0.25, 0.3) is 0 Å². The van der Waals surface area contributed by atoms with E-state index in [2.05, 4.69) is 5.18 Å². The highest BCUT2D eigenvalue weighted by atomic mass is 16.5. The van der Waals surface area contributed by atoms with Crippen LogP contribution < -0.4 is 10.2 Å². The molecule has 0 aliphatic carbocycles. The molecule has 7 heteroatoms. The molecule has 0 bridgehead atoms. The van der Waals surface area contributed by atoms with Gasteiger partial charge in [-0.1, -0.05) is 12.1 Å². The number of nitrogens with one attached hydrogen (secondary N) is 1. The normalized spacial score (nSPS) is 9.85. The number of para-hydroxylation sites is 1. The van der Waals surface area contributed by atoms with Crippen LogP contribution in [0.15, 0.2) is 47.6 Å². The van der Waals surface area contributed by atoms with E-state index in [9.17, 15) is 14.8 Å². The largest absolute Gasteiger partial charge is 0.507 e. The molecular formula is C13H10N2O5. The zero-order chi connectivity index (χ0) is 14.5. The van der Waals surface area contributed by atoms with Crippen LogP contribution in [0, 0.1) is 4.91 Å². The number of hydrogen-bond acceptors (Lipinski definition) is 7. The van der Waals surface area contributed by atoms with Crippen LogP contribution in [0.1, 0.15) is 10.4 Å². The summed E-state index contributed by atoms with van der Waals surface area (Å²) >= 11 is 0. The van der Waals surface area contributed by atoms with Crippen molar-refractivity contribution in [2.24, 2.45) is 5.18 Å². The van der Waals surface area contributed by atoms with Gasteiger partial charge in [0.05, 0.1) is 5.69 Å². The Morgan fingerprint density at radius 2 is 1.95 bits per heavy atom. The lowest BCUT2D eigenvalue weighted by molar-refractivity contribution is 0.0732. The average molecular weight is 274 g/mol.